The van der Waals surface area contributed by atoms with E-state index < -0.39 is 12.1 Å². The third-order valence-electron chi connectivity index (χ3n) is 8.07. The molecular formula is C33H47N9O4. The second-order valence-corrected chi connectivity index (χ2v) is 12.0. The van der Waals surface area contributed by atoms with Crippen molar-refractivity contribution in [2.75, 3.05) is 19.6 Å². The van der Waals surface area contributed by atoms with Gasteiger partial charge in [0.2, 0.25) is 23.6 Å². The summed E-state index contributed by atoms with van der Waals surface area (Å²) in [6.07, 6.45) is 6.13. The topological polar surface area (TPSA) is 156 Å². The molecule has 3 heterocycles. The van der Waals surface area contributed by atoms with Crippen LogP contribution in [0.5, 0.6) is 0 Å². The highest BCUT2D eigenvalue weighted by molar-refractivity contribution is 5.88. The van der Waals surface area contributed by atoms with Gasteiger partial charge in [-0.1, -0.05) is 51.1 Å². The van der Waals surface area contributed by atoms with E-state index in [9.17, 15) is 19.2 Å². The zero-order valence-electron chi connectivity index (χ0n) is 27.4. The first-order valence-electron chi connectivity index (χ1n) is 16.2. The molecule has 0 fully saturated rings. The number of nitrogens with zero attached hydrogens (tertiary/aromatic N) is 6. The molecule has 46 heavy (non-hydrogen) atoms. The van der Waals surface area contributed by atoms with Gasteiger partial charge in [-0.15, -0.1) is 0 Å². The van der Waals surface area contributed by atoms with Crippen molar-refractivity contribution in [1.29, 1.82) is 0 Å². The minimum Gasteiger partial charge on any atom is -0.354 e. The first-order chi connectivity index (χ1) is 22.1. The molecule has 0 aliphatic carbocycles. The van der Waals surface area contributed by atoms with Gasteiger partial charge in [-0.05, 0) is 31.2 Å². The van der Waals surface area contributed by atoms with Crippen molar-refractivity contribution in [3.05, 3.63) is 65.8 Å². The highest BCUT2D eigenvalue weighted by Crippen LogP contribution is 2.21. The predicted octanol–water partition coefficient (Wildman–Crippen LogP) is 2.11. The van der Waals surface area contributed by atoms with Crippen molar-refractivity contribution in [2.24, 2.45) is 5.92 Å². The van der Waals surface area contributed by atoms with Gasteiger partial charge in [0.1, 0.15) is 24.2 Å². The smallest absolute Gasteiger partial charge is 0.243 e. The molecule has 0 unspecified atom stereocenters. The third kappa shape index (κ3) is 9.72. The van der Waals surface area contributed by atoms with Crippen LogP contribution in [0.4, 0.5) is 0 Å². The summed E-state index contributed by atoms with van der Waals surface area (Å²) < 4.78 is 3.51. The summed E-state index contributed by atoms with van der Waals surface area (Å²) in [4.78, 5) is 64.0. The lowest BCUT2D eigenvalue weighted by Crippen LogP contribution is -2.50. The number of aromatic nitrogens is 5. The number of aryl methyl sites for hydroxylation is 3. The highest BCUT2D eigenvalue weighted by atomic mass is 16.2. The molecule has 4 rings (SSSR count). The number of carbonyl (C=O) groups excluding carboxylic acids is 4. The van der Waals surface area contributed by atoms with Crippen LogP contribution in [0.3, 0.4) is 0 Å². The predicted molar refractivity (Wildman–Crippen MR) is 172 cm³/mol. The number of hydrogen-bond acceptors (Lipinski definition) is 7. The lowest BCUT2D eigenvalue weighted by molar-refractivity contribution is -0.132. The van der Waals surface area contributed by atoms with E-state index in [1.54, 1.807) is 18.0 Å². The number of fused-ring (bicyclic) bond motifs is 1. The van der Waals surface area contributed by atoms with Gasteiger partial charge in [0.15, 0.2) is 5.82 Å². The van der Waals surface area contributed by atoms with Crippen LogP contribution in [0, 0.1) is 12.8 Å². The van der Waals surface area contributed by atoms with Gasteiger partial charge in [0.05, 0.1) is 6.04 Å². The molecule has 13 nitrogen and oxygen atoms in total. The Balaban J connectivity index is 1.54. The van der Waals surface area contributed by atoms with Gasteiger partial charge in [-0.2, -0.15) is 5.10 Å². The van der Waals surface area contributed by atoms with Crippen LogP contribution >= 0.6 is 0 Å². The molecule has 1 aliphatic heterocycles. The van der Waals surface area contributed by atoms with E-state index in [1.807, 2.05) is 61.9 Å². The summed E-state index contributed by atoms with van der Waals surface area (Å²) in [5.74, 6) is 0.937. The van der Waals surface area contributed by atoms with Crippen molar-refractivity contribution in [2.45, 2.75) is 91.4 Å². The van der Waals surface area contributed by atoms with Gasteiger partial charge in [-0.25, -0.2) is 14.6 Å². The number of imidazole rings is 1. The SMILES string of the molecule is CCc1nccn1CCC(=O)N1CCCNC(=O)Cn2nc(C)nc2[C@H](C(C)C)NC(=O)[C@@H](Cc2ccccc2)NC(=O)CCC1. The van der Waals surface area contributed by atoms with E-state index in [0.29, 0.717) is 63.5 Å². The second-order valence-electron chi connectivity index (χ2n) is 12.0. The maximum Gasteiger partial charge on any atom is 0.243 e. The summed E-state index contributed by atoms with van der Waals surface area (Å²) in [6, 6.07) is 8.15. The minimum atomic E-state index is -0.837. The van der Waals surface area contributed by atoms with Crippen molar-refractivity contribution in [3.63, 3.8) is 0 Å². The second kappa shape index (κ2) is 16.7. The summed E-state index contributed by atoms with van der Waals surface area (Å²) in [7, 11) is 0. The van der Waals surface area contributed by atoms with Crippen LogP contribution in [0.15, 0.2) is 42.7 Å². The summed E-state index contributed by atoms with van der Waals surface area (Å²) in [5, 5.41) is 13.4. The van der Waals surface area contributed by atoms with E-state index >= 15 is 0 Å². The van der Waals surface area contributed by atoms with Gasteiger partial charge in [0.25, 0.3) is 0 Å². The minimum absolute atomic E-state index is 0.0271. The van der Waals surface area contributed by atoms with Gasteiger partial charge in [0, 0.05) is 64.3 Å². The molecule has 2 atom stereocenters. The summed E-state index contributed by atoms with van der Waals surface area (Å²) in [5.41, 5.74) is 0.905. The molecule has 0 radical (unpaired) electrons. The van der Waals surface area contributed by atoms with Crippen LogP contribution in [-0.2, 0) is 45.1 Å². The summed E-state index contributed by atoms with van der Waals surface area (Å²) in [6.45, 7) is 9.34. The maximum absolute atomic E-state index is 13.8. The standard InChI is InChI=1S/C33H47N9O4/c1-5-27-34-16-20-40(27)19-14-30(45)41-17-9-13-28(43)37-26(21-25-11-7-6-8-12-25)33(46)38-31(23(2)3)32-36-24(4)39-42(32)22-29(44)35-15-10-18-41/h6-8,11-12,16,20,23,26,31H,5,9-10,13-15,17-19,21-22H2,1-4H3,(H,35,44)(H,37,43)(H,38,46)/t26-,31+/m1/s1. The Kier molecular flexibility index (Phi) is 12.4. The molecule has 0 spiro atoms. The molecule has 248 valence electrons. The van der Waals surface area contributed by atoms with E-state index in [0.717, 1.165) is 17.8 Å². The van der Waals surface area contributed by atoms with Crippen molar-refractivity contribution < 1.29 is 19.2 Å². The van der Waals surface area contributed by atoms with Crippen LogP contribution in [0.25, 0.3) is 0 Å². The first-order valence-corrected chi connectivity index (χ1v) is 16.2. The molecule has 0 saturated carbocycles. The molecule has 4 amide bonds. The third-order valence-corrected chi connectivity index (χ3v) is 8.07. The average molecular weight is 634 g/mol. The molecule has 13 heteroatoms. The zero-order valence-corrected chi connectivity index (χ0v) is 27.4. The lowest BCUT2D eigenvalue weighted by Gasteiger charge is -2.26. The fraction of sp³-hybridized carbons (Fsp3) is 0.545. The van der Waals surface area contributed by atoms with E-state index in [2.05, 4.69) is 31.0 Å². The van der Waals surface area contributed by atoms with Gasteiger partial charge in [-0.3, -0.25) is 19.2 Å². The Labute approximate surface area is 270 Å². The molecule has 3 aromatic rings. The number of carbonyl (C=O) groups is 4. The summed E-state index contributed by atoms with van der Waals surface area (Å²) >= 11 is 0. The van der Waals surface area contributed by atoms with Crippen LogP contribution in [0.1, 0.15) is 75.5 Å². The number of benzene rings is 1. The lowest BCUT2D eigenvalue weighted by atomic mass is 10.0. The van der Waals surface area contributed by atoms with E-state index in [1.165, 1.54) is 4.68 Å². The largest absolute Gasteiger partial charge is 0.354 e. The zero-order chi connectivity index (χ0) is 33.1. The Hall–Kier alpha value is -4.55. The highest BCUT2D eigenvalue weighted by Gasteiger charge is 2.30. The van der Waals surface area contributed by atoms with Gasteiger partial charge >= 0.3 is 0 Å². The molecule has 0 saturated heterocycles. The number of rotatable bonds is 7. The number of nitrogens with one attached hydrogen (secondary N) is 3. The number of amides is 4. The van der Waals surface area contributed by atoms with Crippen LogP contribution in [-0.4, -0.2) is 78.5 Å². The normalized spacial score (nSPS) is 19.1. The van der Waals surface area contributed by atoms with Crippen LogP contribution in [0.2, 0.25) is 0 Å². The molecule has 2 aromatic heterocycles. The Morgan fingerprint density at radius 1 is 1.04 bits per heavy atom. The van der Waals surface area contributed by atoms with Crippen molar-refractivity contribution >= 4 is 23.6 Å². The van der Waals surface area contributed by atoms with E-state index in [-0.39, 0.29) is 42.5 Å². The monoisotopic (exact) mass is 633 g/mol. The molecular weight excluding hydrogens is 586 g/mol. The maximum atomic E-state index is 13.8. The number of hydrogen-bond donors (Lipinski definition) is 3. The molecule has 1 aliphatic rings. The average Bonchev–Trinajstić information content (AvgIpc) is 3.64. The molecule has 1 aromatic carbocycles. The first kappa shape index (κ1) is 34.3. The van der Waals surface area contributed by atoms with Gasteiger partial charge < -0.3 is 25.4 Å². The van der Waals surface area contributed by atoms with E-state index in [4.69, 9.17) is 0 Å². The Bertz CT molecular complexity index is 1470. The van der Waals surface area contributed by atoms with Crippen molar-refractivity contribution in [1.82, 2.24) is 45.2 Å². The fourth-order valence-corrected chi connectivity index (χ4v) is 5.64. The quantitative estimate of drug-likeness (QED) is 0.360. The molecule has 0 bridgehead atoms. The van der Waals surface area contributed by atoms with Crippen molar-refractivity contribution in [3.8, 4) is 0 Å². The fourth-order valence-electron chi connectivity index (χ4n) is 5.64. The van der Waals surface area contributed by atoms with Crippen LogP contribution < -0.4 is 16.0 Å². The Morgan fingerprint density at radius 3 is 2.54 bits per heavy atom. The molecule has 3 N–H and O–H groups in total. The Morgan fingerprint density at radius 2 is 1.80 bits per heavy atom.